The van der Waals surface area contributed by atoms with Crippen LogP contribution >= 0.6 is 0 Å². The Morgan fingerprint density at radius 1 is 1.32 bits per heavy atom. The standard InChI is InChI=1S/C14H17N3O2/c1-11-16-13(10-14(18)17-11)15-8-5-9-19-12-6-3-2-4-7-12/h2-4,6-7,10H,5,8-9H2,1H3,(H2,15,16,17,18). The highest BCUT2D eigenvalue weighted by atomic mass is 16.5. The Hall–Kier alpha value is -2.30. The molecule has 0 aliphatic heterocycles. The Morgan fingerprint density at radius 2 is 2.11 bits per heavy atom. The van der Waals surface area contributed by atoms with Gasteiger partial charge >= 0.3 is 0 Å². The predicted molar refractivity (Wildman–Crippen MR) is 74.6 cm³/mol. The SMILES string of the molecule is Cc1nc(NCCCOc2ccccc2)cc(=O)[nH]1. The zero-order valence-electron chi connectivity index (χ0n) is 10.8. The molecule has 1 heterocycles. The summed E-state index contributed by atoms with van der Waals surface area (Å²) < 4.78 is 5.56. The third kappa shape index (κ3) is 4.46. The first kappa shape index (κ1) is 13.1. The van der Waals surface area contributed by atoms with Crippen molar-refractivity contribution in [2.24, 2.45) is 0 Å². The molecule has 0 saturated heterocycles. The molecule has 0 aliphatic rings. The Kier molecular flexibility index (Phi) is 4.55. The van der Waals surface area contributed by atoms with E-state index in [1.165, 1.54) is 6.07 Å². The molecular formula is C14H17N3O2. The van der Waals surface area contributed by atoms with E-state index in [-0.39, 0.29) is 5.56 Å². The quantitative estimate of drug-likeness (QED) is 0.778. The second-order valence-corrected chi connectivity index (χ2v) is 4.16. The fourth-order valence-electron chi connectivity index (χ4n) is 1.67. The minimum Gasteiger partial charge on any atom is -0.494 e. The summed E-state index contributed by atoms with van der Waals surface area (Å²) in [7, 11) is 0. The molecule has 1 aromatic carbocycles. The van der Waals surface area contributed by atoms with Gasteiger partial charge in [0.1, 0.15) is 17.4 Å². The summed E-state index contributed by atoms with van der Waals surface area (Å²) in [5, 5.41) is 3.10. The number of benzene rings is 1. The van der Waals surface area contributed by atoms with Crippen molar-refractivity contribution in [3.05, 3.63) is 52.6 Å². The molecule has 0 atom stereocenters. The van der Waals surface area contributed by atoms with Gasteiger partial charge in [-0.05, 0) is 25.5 Å². The second kappa shape index (κ2) is 6.58. The minimum absolute atomic E-state index is 0.143. The summed E-state index contributed by atoms with van der Waals surface area (Å²) in [6.07, 6.45) is 0.836. The molecule has 2 aromatic rings. The Balaban J connectivity index is 1.71. The lowest BCUT2D eigenvalue weighted by Crippen LogP contribution is -2.13. The Morgan fingerprint density at radius 3 is 2.84 bits per heavy atom. The molecule has 19 heavy (non-hydrogen) atoms. The van der Waals surface area contributed by atoms with Crippen LogP contribution in [-0.2, 0) is 0 Å². The monoisotopic (exact) mass is 259 g/mol. The van der Waals surface area contributed by atoms with Crippen molar-refractivity contribution in [3.63, 3.8) is 0 Å². The van der Waals surface area contributed by atoms with Gasteiger partial charge in [-0.15, -0.1) is 0 Å². The molecular weight excluding hydrogens is 242 g/mol. The minimum atomic E-state index is -0.143. The number of H-pyrrole nitrogens is 1. The van der Waals surface area contributed by atoms with Gasteiger partial charge in [0.15, 0.2) is 0 Å². The zero-order chi connectivity index (χ0) is 13.5. The van der Waals surface area contributed by atoms with Gasteiger partial charge in [-0.3, -0.25) is 4.79 Å². The lowest BCUT2D eigenvalue weighted by molar-refractivity contribution is 0.315. The summed E-state index contributed by atoms with van der Waals surface area (Å²) >= 11 is 0. The third-order valence-corrected chi connectivity index (χ3v) is 2.50. The van der Waals surface area contributed by atoms with Crippen LogP contribution in [0.25, 0.3) is 0 Å². The number of rotatable bonds is 6. The summed E-state index contributed by atoms with van der Waals surface area (Å²) in [6, 6.07) is 11.1. The van der Waals surface area contributed by atoms with Crippen LogP contribution in [0.15, 0.2) is 41.2 Å². The van der Waals surface area contributed by atoms with Crippen LogP contribution in [-0.4, -0.2) is 23.1 Å². The summed E-state index contributed by atoms with van der Waals surface area (Å²) in [5.74, 6) is 2.07. The lowest BCUT2D eigenvalue weighted by Gasteiger charge is -2.07. The molecule has 2 rings (SSSR count). The number of aromatic nitrogens is 2. The highest BCUT2D eigenvalue weighted by Gasteiger charge is 1.97. The molecule has 0 aliphatic carbocycles. The number of aryl methyl sites for hydroxylation is 1. The Bertz CT molecular complexity index is 566. The van der Waals surface area contributed by atoms with Crippen molar-refractivity contribution < 1.29 is 4.74 Å². The maximum Gasteiger partial charge on any atom is 0.252 e. The van der Waals surface area contributed by atoms with Crippen molar-refractivity contribution >= 4 is 5.82 Å². The number of para-hydroxylation sites is 1. The van der Waals surface area contributed by atoms with Gasteiger partial charge < -0.3 is 15.0 Å². The number of hydrogen-bond acceptors (Lipinski definition) is 4. The number of nitrogens with zero attached hydrogens (tertiary/aromatic N) is 1. The first-order chi connectivity index (χ1) is 9.24. The van der Waals surface area contributed by atoms with E-state index in [1.54, 1.807) is 6.92 Å². The van der Waals surface area contributed by atoms with Crippen LogP contribution in [0.4, 0.5) is 5.82 Å². The van der Waals surface area contributed by atoms with Gasteiger partial charge in [0.2, 0.25) is 0 Å². The van der Waals surface area contributed by atoms with Crippen molar-refractivity contribution in [2.45, 2.75) is 13.3 Å². The van der Waals surface area contributed by atoms with E-state index >= 15 is 0 Å². The molecule has 0 amide bonds. The smallest absolute Gasteiger partial charge is 0.252 e. The van der Waals surface area contributed by atoms with E-state index in [1.807, 2.05) is 30.3 Å². The van der Waals surface area contributed by atoms with Gasteiger partial charge in [0.25, 0.3) is 5.56 Å². The fourth-order valence-corrected chi connectivity index (χ4v) is 1.67. The fraction of sp³-hybridized carbons (Fsp3) is 0.286. The van der Waals surface area contributed by atoms with Crippen LogP contribution in [0, 0.1) is 6.92 Å². The van der Waals surface area contributed by atoms with E-state index in [9.17, 15) is 4.79 Å². The second-order valence-electron chi connectivity index (χ2n) is 4.16. The van der Waals surface area contributed by atoms with Crippen LogP contribution in [0.3, 0.4) is 0 Å². The number of aromatic amines is 1. The van der Waals surface area contributed by atoms with Gasteiger partial charge in [-0.25, -0.2) is 4.98 Å². The predicted octanol–water partition coefficient (Wildman–Crippen LogP) is 1.96. The van der Waals surface area contributed by atoms with Gasteiger partial charge in [-0.1, -0.05) is 18.2 Å². The average Bonchev–Trinajstić information content (AvgIpc) is 2.38. The van der Waals surface area contributed by atoms with Crippen molar-refractivity contribution in [1.82, 2.24) is 9.97 Å². The number of hydrogen-bond donors (Lipinski definition) is 2. The first-order valence-electron chi connectivity index (χ1n) is 6.24. The third-order valence-electron chi connectivity index (χ3n) is 2.50. The largest absolute Gasteiger partial charge is 0.494 e. The summed E-state index contributed by atoms with van der Waals surface area (Å²) in [6.45, 7) is 3.09. The van der Waals surface area contributed by atoms with Gasteiger partial charge in [0.05, 0.1) is 6.61 Å². The van der Waals surface area contributed by atoms with Gasteiger partial charge in [-0.2, -0.15) is 0 Å². The average molecular weight is 259 g/mol. The molecule has 2 N–H and O–H groups in total. The van der Waals surface area contributed by atoms with Gasteiger partial charge in [0, 0.05) is 12.6 Å². The van der Waals surface area contributed by atoms with E-state index in [2.05, 4.69) is 15.3 Å². The molecule has 0 spiro atoms. The molecule has 0 radical (unpaired) electrons. The molecule has 0 fully saturated rings. The zero-order valence-corrected chi connectivity index (χ0v) is 10.8. The first-order valence-corrected chi connectivity index (χ1v) is 6.24. The maximum atomic E-state index is 11.2. The van der Waals surface area contributed by atoms with Crippen molar-refractivity contribution in [3.8, 4) is 5.75 Å². The highest BCUT2D eigenvalue weighted by Crippen LogP contribution is 2.08. The molecule has 5 heteroatoms. The highest BCUT2D eigenvalue weighted by molar-refractivity contribution is 5.32. The molecule has 0 unspecified atom stereocenters. The molecule has 0 bridgehead atoms. The van der Waals surface area contributed by atoms with E-state index in [4.69, 9.17) is 4.74 Å². The molecule has 1 aromatic heterocycles. The van der Waals surface area contributed by atoms with Crippen LogP contribution in [0.5, 0.6) is 5.75 Å². The molecule has 100 valence electrons. The Labute approximate surface area is 111 Å². The molecule has 5 nitrogen and oxygen atoms in total. The maximum absolute atomic E-state index is 11.2. The lowest BCUT2D eigenvalue weighted by atomic mass is 10.3. The van der Waals surface area contributed by atoms with Crippen molar-refractivity contribution in [2.75, 3.05) is 18.5 Å². The number of nitrogens with one attached hydrogen (secondary N) is 2. The summed E-state index contributed by atoms with van der Waals surface area (Å²) in [4.78, 5) is 18.0. The van der Waals surface area contributed by atoms with Crippen LogP contribution in [0.2, 0.25) is 0 Å². The topological polar surface area (TPSA) is 67.0 Å². The molecule has 0 saturated carbocycles. The van der Waals surface area contributed by atoms with E-state index in [0.29, 0.717) is 24.8 Å². The number of anilines is 1. The number of ether oxygens (including phenoxy) is 1. The summed E-state index contributed by atoms with van der Waals surface area (Å²) in [5.41, 5.74) is -0.143. The van der Waals surface area contributed by atoms with Crippen molar-refractivity contribution in [1.29, 1.82) is 0 Å². The normalized spacial score (nSPS) is 10.2. The van der Waals surface area contributed by atoms with Crippen LogP contribution in [0.1, 0.15) is 12.2 Å². The van der Waals surface area contributed by atoms with E-state index in [0.717, 1.165) is 12.2 Å². The van der Waals surface area contributed by atoms with Crippen LogP contribution < -0.4 is 15.6 Å². The van der Waals surface area contributed by atoms with E-state index < -0.39 is 0 Å².